The number of thiazole rings is 6. The van der Waals surface area contributed by atoms with Crippen molar-refractivity contribution in [2.45, 2.75) is 51.7 Å². The highest BCUT2D eigenvalue weighted by atomic mass is 32.1. The number of aromatic nitrogens is 7. The van der Waals surface area contributed by atoms with Crippen molar-refractivity contribution in [1.29, 1.82) is 0 Å². The molecule has 376 valence electrons. The Morgan fingerprint density at radius 2 is 1.42 bits per heavy atom. The lowest BCUT2D eigenvalue weighted by atomic mass is 10.1. The van der Waals surface area contributed by atoms with Crippen LogP contribution in [0.15, 0.2) is 74.4 Å². The Bertz CT molecular complexity index is 3490. The molecule has 0 saturated carbocycles. The third kappa shape index (κ3) is 11.0. The van der Waals surface area contributed by atoms with E-state index in [4.69, 9.17) is 29.7 Å². The van der Waals surface area contributed by atoms with Crippen LogP contribution in [-0.4, -0.2) is 112 Å². The van der Waals surface area contributed by atoms with Crippen LogP contribution in [0.4, 0.5) is 9.93 Å². The molecule has 2 atom stereocenters. The monoisotopic (exact) mass is 1110 g/mol. The van der Waals surface area contributed by atoms with Crippen molar-refractivity contribution < 1.29 is 38.6 Å². The number of fused-ring (bicyclic) bond motifs is 14. The predicted molar refractivity (Wildman–Crippen MR) is 281 cm³/mol. The van der Waals surface area contributed by atoms with Crippen molar-refractivity contribution in [3.8, 4) is 43.4 Å². The SMILES string of the molecule is CCCCN(C(=O)O)C(=O)C1COC(c2csc(-c3ccc4c(n3)-c3csc(n3)-c3csc(n3)C(Cc3ccccc3)NC(=O)CNC(=O)c3csc(n3)CNC(=O)c3nc(sc3C)NC(=O)c3csc-4n3)n2)=N1. The zero-order chi connectivity index (χ0) is 51.5. The van der Waals surface area contributed by atoms with E-state index in [0.717, 1.165) is 21.8 Å². The van der Waals surface area contributed by atoms with Gasteiger partial charge < -0.3 is 25.8 Å². The van der Waals surface area contributed by atoms with Crippen LogP contribution in [0.1, 0.15) is 83.4 Å². The molecule has 6 amide bonds. The molecule has 74 heavy (non-hydrogen) atoms. The summed E-state index contributed by atoms with van der Waals surface area (Å²) >= 11 is 7.46. The average molecular weight is 1110 g/mol. The van der Waals surface area contributed by atoms with Crippen LogP contribution in [0.25, 0.3) is 43.4 Å². The average Bonchev–Trinajstić information content (AvgIpc) is 4.26. The summed E-state index contributed by atoms with van der Waals surface area (Å²) in [4.78, 5) is 118. The number of nitrogens with one attached hydrogen (secondary N) is 4. The number of hydrogen-bond donors (Lipinski definition) is 5. The molecule has 2 unspecified atom stereocenters. The molecule has 27 heteroatoms. The van der Waals surface area contributed by atoms with E-state index in [1.165, 1.54) is 56.7 Å². The number of benzene rings is 1. The quantitative estimate of drug-likeness (QED) is 0.0980. The van der Waals surface area contributed by atoms with Crippen LogP contribution in [0.3, 0.4) is 0 Å². The van der Waals surface area contributed by atoms with Crippen LogP contribution in [0, 0.1) is 6.92 Å². The molecular weight excluding hydrogens is 1070 g/mol. The normalized spacial score (nSPS) is 16.1. The number of carboxylic acid groups (broad SMARTS) is 1. The summed E-state index contributed by atoms with van der Waals surface area (Å²) in [6.07, 6.45) is 0.289. The summed E-state index contributed by atoms with van der Waals surface area (Å²) in [6.45, 7) is 3.20. The van der Waals surface area contributed by atoms with Crippen molar-refractivity contribution in [1.82, 2.24) is 55.7 Å². The molecule has 5 N–H and O–H groups in total. The molecule has 2 aliphatic rings. The summed E-state index contributed by atoms with van der Waals surface area (Å²) in [7, 11) is 0. The second-order valence-electron chi connectivity index (χ2n) is 16.3. The molecule has 10 rings (SSSR count). The Hall–Kier alpha value is -7.56. The molecule has 0 aliphatic carbocycles. The van der Waals surface area contributed by atoms with E-state index in [1.54, 1.807) is 29.1 Å². The van der Waals surface area contributed by atoms with E-state index in [1.807, 2.05) is 54.1 Å². The number of nitrogens with zero attached hydrogens (tertiary/aromatic N) is 9. The number of amides is 6. The van der Waals surface area contributed by atoms with E-state index in [0.29, 0.717) is 83.2 Å². The number of aryl methyl sites for hydroxylation is 1. The minimum absolute atomic E-state index is 0.00320. The Morgan fingerprint density at radius 3 is 2.23 bits per heavy atom. The summed E-state index contributed by atoms with van der Waals surface area (Å²) in [5, 5.41) is 32.2. The maximum absolute atomic E-state index is 13.7. The second-order valence-corrected chi connectivity index (χ2v) is 22.0. The smallest absolute Gasteiger partial charge is 0.414 e. The highest BCUT2D eigenvalue weighted by Crippen LogP contribution is 2.39. The van der Waals surface area contributed by atoms with E-state index >= 15 is 0 Å². The molecule has 0 spiro atoms. The van der Waals surface area contributed by atoms with Gasteiger partial charge in [0, 0.05) is 43.9 Å². The molecule has 2 aliphatic heterocycles. The van der Waals surface area contributed by atoms with Crippen LogP contribution < -0.4 is 21.3 Å². The zero-order valence-electron chi connectivity index (χ0n) is 38.8. The maximum atomic E-state index is 13.7. The topological polar surface area (TPSA) is 286 Å². The number of unbranched alkanes of at least 4 members (excludes halogenated alkanes) is 1. The Labute approximate surface area is 443 Å². The maximum Gasteiger partial charge on any atom is 0.414 e. The van der Waals surface area contributed by atoms with Crippen molar-refractivity contribution >= 4 is 115 Å². The van der Waals surface area contributed by atoms with Gasteiger partial charge in [0.05, 0.1) is 24.8 Å². The molecule has 0 fully saturated rings. The molecule has 10 bridgehead atoms. The van der Waals surface area contributed by atoms with E-state index in [-0.39, 0.29) is 54.4 Å². The van der Waals surface area contributed by atoms with Gasteiger partial charge in [0.2, 0.25) is 11.8 Å². The lowest BCUT2D eigenvalue weighted by Gasteiger charge is -2.18. The van der Waals surface area contributed by atoms with Crippen molar-refractivity contribution in [2.24, 2.45) is 4.99 Å². The molecule has 0 radical (unpaired) electrons. The minimum Gasteiger partial charge on any atom is -0.473 e. The van der Waals surface area contributed by atoms with Gasteiger partial charge in [-0.15, -0.1) is 68.0 Å². The van der Waals surface area contributed by atoms with E-state index in [9.17, 15) is 33.9 Å². The molecule has 8 aromatic rings. The largest absolute Gasteiger partial charge is 0.473 e. The number of rotatable bonds is 8. The molecule has 7 aromatic heterocycles. The van der Waals surface area contributed by atoms with Crippen LogP contribution in [0.5, 0.6) is 0 Å². The van der Waals surface area contributed by atoms with Crippen molar-refractivity contribution in [2.75, 3.05) is 25.0 Å². The highest BCUT2D eigenvalue weighted by Gasteiger charge is 2.34. The minimum atomic E-state index is -1.35. The number of pyridine rings is 1. The Balaban J connectivity index is 0.990. The molecule has 21 nitrogen and oxygen atoms in total. The van der Waals surface area contributed by atoms with Crippen LogP contribution >= 0.6 is 68.0 Å². The summed E-state index contributed by atoms with van der Waals surface area (Å²) in [6, 6.07) is 11.6. The zero-order valence-corrected chi connectivity index (χ0v) is 43.7. The first-order chi connectivity index (χ1) is 35.9. The Kier molecular flexibility index (Phi) is 14.8. The van der Waals surface area contributed by atoms with Gasteiger partial charge in [0.25, 0.3) is 23.6 Å². The first-order valence-corrected chi connectivity index (χ1v) is 27.8. The number of carbonyl (C=O) groups is 6. The van der Waals surface area contributed by atoms with Crippen molar-refractivity contribution in [3.05, 3.63) is 113 Å². The standard InChI is InChI=1S/C47H39N13O8S6/c1-3-4-12-60(47(66)67)45(65)27-16-68-40(53-27)31-20-72-42(56-31)25-11-10-24-36(52-25)28-17-71-44(54-28)32-21-73-43(57-32)26(13-23-8-6-5-7-9-23)50-33(61)14-48-37(62)29-18-69-34(51-29)15-49-39(64)35-22(2)74-46(58-35)59-38(63)30-19-70-41(24)55-30/h5-11,17-21,26-27H,3-4,12-16H2,1-2H3,(H,48,62)(H,49,64)(H,50,61)(H,66,67)(H,58,59,63). The van der Waals surface area contributed by atoms with Crippen molar-refractivity contribution in [3.63, 3.8) is 0 Å². The second kappa shape index (κ2) is 21.9. The highest BCUT2D eigenvalue weighted by molar-refractivity contribution is 7.16. The fourth-order valence-electron chi connectivity index (χ4n) is 7.52. The lowest BCUT2D eigenvalue weighted by Crippen LogP contribution is -2.42. The van der Waals surface area contributed by atoms with Gasteiger partial charge >= 0.3 is 6.09 Å². The summed E-state index contributed by atoms with van der Waals surface area (Å²) < 4.78 is 5.77. The van der Waals surface area contributed by atoms with Gasteiger partial charge in [0.15, 0.2) is 11.2 Å². The van der Waals surface area contributed by atoms with Gasteiger partial charge in [-0.05, 0) is 37.5 Å². The number of anilines is 1. The van der Waals surface area contributed by atoms with Gasteiger partial charge in [-0.1, -0.05) is 43.7 Å². The number of ether oxygens (including phenoxy) is 1. The number of imide groups is 1. The third-order valence-electron chi connectivity index (χ3n) is 11.2. The molecular formula is C47H39N13O8S6. The molecule has 9 heterocycles. The van der Waals surface area contributed by atoms with Crippen LogP contribution in [0.2, 0.25) is 0 Å². The molecule has 1 aromatic carbocycles. The van der Waals surface area contributed by atoms with E-state index in [2.05, 4.69) is 36.2 Å². The molecule has 0 saturated heterocycles. The first-order valence-electron chi connectivity index (χ1n) is 22.6. The Morgan fingerprint density at radius 1 is 0.716 bits per heavy atom. The van der Waals surface area contributed by atoms with Crippen LogP contribution in [-0.2, 0) is 27.3 Å². The lowest BCUT2D eigenvalue weighted by molar-refractivity contribution is -0.130. The van der Waals surface area contributed by atoms with E-state index < -0.39 is 47.7 Å². The number of aliphatic imine (C=N–C) groups is 1. The van der Waals surface area contributed by atoms with Gasteiger partial charge in [-0.3, -0.25) is 29.3 Å². The first kappa shape index (κ1) is 50.0. The fraction of sp³-hybridized carbons (Fsp3) is 0.234. The summed E-state index contributed by atoms with van der Waals surface area (Å²) in [5.74, 6) is -2.63. The summed E-state index contributed by atoms with van der Waals surface area (Å²) in [5.41, 5.74) is 4.06. The predicted octanol–water partition coefficient (Wildman–Crippen LogP) is 7.57. The third-order valence-corrected chi connectivity index (χ3v) is 16.5. The number of carbonyl (C=O) groups excluding carboxylic acids is 5. The van der Waals surface area contributed by atoms with Gasteiger partial charge in [-0.2, -0.15) is 0 Å². The number of hydrogen-bond acceptors (Lipinski definition) is 21. The fourth-order valence-corrected chi connectivity index (χ4v) is 12.3. The van der Waals surface area contributed by atoms with Gasteiger partial charge in [0.1, 0.15) is 71.5 Å². The van der Waals surface area contributed by atoms with Gasteiger partial charge in [-0.25, -0.2) is 49.6 Å².